The van der Waals surface area contributed by atoms with Crippen molar-refractivity contribution < 1.29 is 9.53 Å². The Labute approximate surface area is 125 Å². The lowest BCUT2D eigenvalue weighted by Gasteiger charge is -2.28. The number of amides is 1. The minimum atomic E-state index is -0.544. The van der Waals surface area contributed by atoms with Crippen LogP contribution in [0.2, 0.25) is 5.02 Å². The van der Waals surface area contributed by atoms with Gasteiger partial charge in [0.25, 0.3) is 5.91 Å². The van der Waals surface area contributed by atoms with E-state index < -0.39 is 5.91 Å². The quantitative estimate of drug-likeness (QED) is 0.759. The number of carbonyl (C=O) groups excluding carboxylic acids is 1. The lowest BCUT2D eigenvalue weighted by Crippen LogP contribution is -2.38. The maximum absolute atomic E-state index is 11.4. The first kappa shape index (κ1) is 16.6. The molecule has 1 atom stereocenters. The Kier molecular flexibility index (Phi) is 6.10. The topological polar surface area (TPSA) is 67.6 Å². The SMILES string of the molecule is CCN(CC)C(C)Nc1cc(C(N)=O)c(OC)cc1Cl. The molecule has 20 heavy (non-hydrogen) atoms. The van der Waals surface area contributed by atoms with Crippen LogP contribution < -0.4 is 15.8 Å². The number of hydrogen-bond acceptors (Lipinski definition) is 4. The molecule has 1 amide bonds. The number of nitrogens with two attached hydrogens (primary N) is 1. The third-order valence-corrected chi connectivity index (χ3v) is 3.59. The summed E-state index contributed by atoms with van der Waals surface area (Å²) in [6, 6.07) is 3.22. The van der Waals surface area contributed by atoms with Gasteiger partial charge in [-0.15, -0.1) is 0 Å². The molecule has 1 aromatic carbocycles. The molecule has 3 N–H and O–H groups in total. The van der Waals surface area contributed by atoms with Gasteiger partial charge >= 0.3 is 0 Å². The minimum Gasteiger partial charge on any atom is -0.496 e. The summed E-state index contributed by atoms with van der Waals surface area (Å²) in [5.74, 6) is -0.166. The standard InChI is InChI=1S/C14H22ClN3O2/c1-5-18(6-2)9(3)17-12-7-10(14(16)19)13(20-4)8-11(12)15/h7-9,17H,5-6H2,1-4H3,(H2,16,19). The zero-order chi connectivity index (χ0) is 15.3. The molecule has 0 saturated heterocycles. The van der Waals surface area contributed by atoms with Crippen LogP contribution in [-0.4, -0.2) is 37.2 Å². The maximum Gasteiger partial charge on any atom is 0.252 e. The van der Waals surface area contributed by atoms with E-state index in [4.69, 9.17) is 22.1 Å². The Morgan fingerprint density at radius 2 is 2.05 bits per heavy atom. The molecule has 0 aliphatic rings. The molecule has 1 aromatic rings. The van der Waals surface area contributed by atoms with E-state index in [9.17, 15) is 4.79 Å². The molecule has 0 aliphatic carbocycles. The molecule has 5 nitrogen and oxygen atoms in total. The van der Waals surface area contributed by atoms with Crippen LogP contribution >= 0.6 is 11.6 Å². The van der Waals surface area contributed by atoms with Gasteiger partial charge in [0.05, 0.1) is 29.5 Å². The fourth-order valence-electron chi connectivity index (χ4n) is 2.11. The van der Waals surface area contributed by atoms with Crippen molar-refractivity contribution in [1.82, 2.24) is 4.90 Å². The first-order valence-corrected chi connectivity index (χ1v) is 7.00. The highest BCUT2D eigenvalue weighted by molar-refractivity contribution is 6.33. The van der Waals surface area contributed by atoms with Crippen molar-refractivity contribution in [2.45, 2.75) is 26.9 Å². The molecule has 1 unspecified atom stereocenters. The lowest BCUT2D eigenvalue weighted by molar-refractivity contribution is 0.0997. The van der Waals surface area contributed by atoms with Crippen LogP contribution in [-0.2, 0) is 0 Å². The highest BCUT2D eigenvalue weighted by Gasteiger charge is 2.16. The predicted molar refractivity (Wildman–Crippen MR) is 82.5 cm³/mol. The smallest absolute Gasteiger partial charge is 0.252 e. The van der Waals surface area contributed by atoms with Gasteiger partial charge in [-0.2, -0.15) is 0 Å². The molecule has 0 saturated carbocycles. The minimum absolute atomic E-state index is 0.0941. The monoisotopic (exact) mass is 299 g/mol. The number of benzene rings is 1. The molecule has 0 heterocycles. The average molecular weight is 300 g/mol. The highest BCUT2D eigenvalue weighted by Crippen LogP contribution is 2.31. The highest BCUT2D eigenvalue weighted by atomic mass is 35.5. The molecule has 0 fully saturated rings. The first-order valence-electron chi connectivity index (χ1n) is 6.62. The van der Waals surface area contributed by atoms with Crippen LogP contribution in [0.4, 0.5) is 5.69 Å². The zero-order valence-corrected chi connectivity index (χ0v) is 13.1. The zero-order valence-electron chi connectivity index (χ0n) is 12.4. The number of hydrogen-bond donors (Lipinski definition) is 2. The summed E-state index contributed by atoms with van der Waals surface area (Å²) >= 11 is 6.21. The third-order valence-electron chi connectivity index (χ3n) is 3.28. The van der Waals surface area contributed by atoms with Crippen LogP contribution in [0.1, 0.15) is 31.1 Å². The van der Waals surface area contributed by atoms with Gasteiger partial charge in [-0.3, -0.25) is 9.69 Å². The molecule has 0 spiro atoms. The Morgan fingerprint density at radius 3 is 2.50 bits per heavy atom. The molecule has 0 bridgehead atoms. The van der Waals surface area contributed by atoms with Gasteiger partial charge < -0.3 is 15.8 Å². The van der Waals surface area contributed by atoms with Gasteiger partial charge in [0.15, 0.2) is 0 Å². The molecule has 1 rings (SSSR count). The second-order valence-electron chi connectivity index (χ2n) is 4.44. The number of ether oxygens (including phenoxy) is 1. The van der Waals surface area contributed by atoms with Gasteiger partial charge in [-0.25, -0.2) is 0 Å². The van der Waals surface area contributed by atoms with Gasteiger partial charge in [-0.05, 0) is 26.1 Å². The second-order valence-corrected chi connectivity index (χ2v) is 4.85. The molecule has 0 radical (unpaired) electrons. The van der Waals surface area contributed by atoms with Crippen LogP contribution in [0.5, 0.6) is 5.75 Å². The fraction of sp³-hybridized carbons (Fsp3) is 0.500. The van der Waals surface area contributed by atoms with E-state index in [0.717, 1.165) is 13.1 Å². The Hall–Kier alpha value is -1.46. The summed E-state index contributed by atoms with van der Waals surface area (Å²) in [4.78, 5) is 13.7. The first-order chi connectivity index (χ1) is 9.44. The van der Waals surface area contributed by atoms with E-state index in [-0.39, 0.29) is 6.17 Å². The Morgan fingerprint density at radius 1 is 1.45 bits per heavy atom. The van der Waals surface area contributed by atoms with E-state index >= 15 is 0 Å². The van der Waals surface area contributed by atoms with E-state index in [1.165, 1.54) is 7.11 Å². The third kappa shape index (κ3) is 3.77. The lowest BCUT2D eigenvalue weighted by atomic mass is 10.1. The molecule has 0 aromatic heterocycles. The number of methoxy groups -OCH3 is 1. The Bertz CT molecular complexity index is 476. The number of primary amides is 1. The fourth-order valence-corrected chi connectivity index (χ4v) is 2.32. The summed E-state index contributed by atoms with van der Waals surface area (Å²) in [7, 11) is 1.48. The summed E-state index contributed by atoms with van der Waals surface area (Å²) in [5, 5.41) is 3.78. The summed E-state index contributed by atoms with van der Waals surface area (Å²) in [5.41, 5.74) is 6.33. The Balaban J connectivity index is 3.06. The van der Waals surface area contributed by atoms with Gasteiger partial charge in [0, 0.05) is 6.07 Å². The van der Waals surface area contributed by atoms with Crippen molar-refractivity contribution in [3.8, 4) is 5.75 Å². The van der Waals surface area contributed by atoms with Crippen LogP contribution in [0, 0.1) is 0 Å². The van der Waals surface area contributed by atoms with E-state index in [2.05, 4.69) is 24.1 Å². The molecule has 0 aliphatic heterocycles. The van der Waals surface area contributed by atoms with Gasteiger partial charge in [-0.1, -0.05) is 25.4 Å². The summed E-state index contributed by atoms with van der Waals surface area (Å²) < 4.78 is 5.11. The number of nitrogens with zero attached hydrogens (tertiary/aromatic N) is 1. The number of anilines is 1. The van der Waals surface area contributed by atoms with Crippen molar-refractivity contribution >= 4 is 23.2 Å². The van der Waals surface area contributed by atoms with Crippen LogP contribution in [0.3, 0.4) is 0 Å². The second kappa shape index (κ2) is 7.36. The molecule has 6 heteroatoms. The van der Waals surface area contributed by atoms with E-state index in [0.29, 0.717) is 22.0 Å². The van der Waals surface area contributed by atoms with Crippen LogP contribution in [0.25, 0.3) is 0 Å². The molecule has 112 valence electrons. The normalized spacial score (nSPS) is 12.3. The number of halogens is 1. The van der Waals surface area contributed by atoms with Gasteiger partial charge in [0.1, 0.15) is 5.75 Å². The van der Waals surface area contributed by atoms with Crippen molar-refractivity contribution in [1.29, 1.82) is 0 Å². The molecular formula is C14H22ClN3O2. The van der Waals surface area contributed by atoms with E-state index in [1.54, 1.807) is 12.1 Å². The largest absolute Gasteiger partial charge is 0.496 e. The van der Waals surface area contributed by atoms with Gasteiger partial charge in [0.2, 0.25) is 0 Å². The van der Waals surface area contributed by atoms with Crippen LogP contribution in [0.15, 0.2) is 12.1 Å². The van der Waals surface area contributed by atoms with Crippen molar-refractivity contribution in [3.63, 3.8) is 0 Å². The van der Waals surface area contributed by atoms with Crippen molar-refractivity contribution in [3.05, 3.63) is 22.7 Å². The maximum atomic E-state index is 11.4. The average Bonchev–Trinajstić information content (AvgIpc) is 2.41. The summed E-state index contributed by atoms with van der Waals surface area (Å²) in [6.45, 7) is 8.05. The molecular weight excluding hydrogens is 278 g/mol. The van der Waals surface area contributed by atoms with Crippen molar-refractivity contribution in [2.75, 3.05) is 25.5 Å². The van der Waals surface area contributed by atoms with Crippen molar-refractivity contribution in [2.24, 2.45) is 5.73 Å². The summed E-state index contributed by atoms with van der Waals surface area (Å²) in [6.07, 6.45) is 0.0941. The number of nitrogens with one attached hydrogen (secondary N) is 1. The number of rotatable bonds is 7. The number of carbonyl (C=O) groups is 1. The predicted octanol–water partition coefficient (Wildman–Crippen LogP) is 2.55. The van der Waals surface area contributed by atoms with E-state index in [1.807, 2.05) is 6.92 Å².